The Bertz CT molecular complexity index is 1360. The van der Waals surface area contributed by atoms with Crippen molar-refractivity contribution in [2.24, 2.45) is 0 Å². The number of H-pyrrole nitrogens is 1. The van der Waals surface area contributed by atoms with Crippen LogP contribution in [0.25, 0.3) is 33.7 Å². The van der Waals surface area contributed by atoms with Gasteiger partial charge in [-0.05, 0) is 46.2 Å². The van der Waals surface area contributed by atoms with E-state index in [0.717, 1.165) is 52.9 Å². The number of nitrogens with one attached hydrogen (secondary N) is 1. The minimum Gasteiger partial charge on any atom is -0.308 e. The molecular formula is C24H22FN7. The molecule has 0 atom stereocenters. The summed E-state index contributed by atoms with van der Waals surface area (Å²) < 4.78 is 17.3. The average molecular weight is 427 g/mol. The zero-order valence-electron chi connectivity index (χ0n) is 17.7. The molecule has 0 radical (unpaired) electrons. The maximum absolute atomic E-state index is 15.3. The monoisotopic (exact) mass is 427 g/mol. The molecule has 0 aliphatic carbocycles. The van der Waals surface area contributed by atoms with Crippen molar-refractivity contribution in [1.82, 2.24) is 35.2 Å². The van der Waals surface area contributed by atoms with Crippen LogP contribution in [0.3, 0.4) is 0 Å². The number of aromatic amines is 1. The first-order chi connectivity index (χ1) is 15.7. The number of aryl methyl sites for hydroxylation is 1. The topological polar surface area (TPSA) is 85.2 Å². The van der Waals surface area contributed by atoms with Crippen molar-refractivity contribution in [3.05, 3.63) is 78.0 Å². The maximum Gasteiger partial charge on any atom is 0.180 e. The molecule has 0 unspecified atom stereocenters. The highest BCUT2D eigenvalue weighted by atomic mass is 19.1. The highest BCUT2D eigenvalue weighted by molar-refractivity contribution is 5.80. The highest BCUT2D eigenvalue weighted by Crippen LogP contribution is 2.31. The predicted octanol–water partition coefficient (Wildman–Crippen LogP) is 4.81. The van der Waals surface area contributed by atoms with Gasteiger partial charge in [0.1, 0.15) is 17.2 Å². The Balaban J connectivity index is 1.51. The molecule has 0 aliphatic rings. The molecule has 0 amide bonds. The van der Waals surface area contributed by atoms with Crippen LogP contribution in [0.5, 0.6) is 0 Å². The summed E-state index contributed by atoms with van der Waals surface area (Å²) in [6, 6.07) is 16.8. The Morgan fingerprint density at radius 2 is 1.91 bits per heavy atom. The number of rotatable bonds is 7. The molecule has 5 rings (SSSR count). The average Bonchev–Trinajstić information content (AvgIpc) is 3.48. The number of fused-ring (bicyclic) bond motifs is 1. The molecule has 0 spiro atoms. The predicted molar refractivity (Wildman–Crippen MR) is 120 cm³/mol. The third-order valence-corrected chi connectivity index (χ3v) is 5.56. The van der Waals surface area contributed by atoms with Crippen LogP contribution in [-0.2, 0) is 13.0 Å². The summed E-state index contributed by atoms with van der Waals surface area (Å²) in [5.74, 6) is 1.21. The van der Waals surface area contributed by atoms with Crippen molar-refractivity contribution in [3.63, 3.8) is 0 Å². The van der Waals surface area contributed by atoms with E-state index in [4.69, 9.17) is 4.98 Å². The molecule has 7 nitrogen and oxygen atoms in total. The second kappa shape index (κ2) is 8.66. The van der Waals surface area contributed by atoms with Gasteiger partial charge in [0.2, 0.25) is 0 Å². The van der Waals surface area contributed by atoms with E-state index >= 15 is 4.39 Å². The Hall–Kier alpha value is -3.94. The Morgan fingerprint density at radius 1 is 1.03 bits per heavy atom. The zero-order valence-corrected chi connectivity index (χ0v) is 17.7. The lowest BCUT2D eigenvalue weighted by Crippen LogP contribution is -2.07. The summed E-state index contributed by atoms with van der Waals surface area (Å²) in [6.45, 7) is 2.53. The van der Waals surface area contributed by atoms with Crippen molar-refractivity contribution in [2.75, 3.05) is 0 Å². The van der Waals surface area contributed by atoms with Crippen molar-refractivity contribution in [1.29, 1.82) is 0 Å². The van der Waals surface area contributed by atoms with E-state index in [2.05, 4.69) is 32.5 Å². The molecule has 0 aliphatic heterocycles. The Kier molecular flexibility index (Phi) is 5.41. The number of imidazole rings is 1. The van der Waals surface area contributed by atoms with Gasteiger partial charge in [0, 0.05) is 23.7 Å². The van der Waals surface area contributed by atoms with Gasteiger partial charge in [-0.3, -0.25) is 0 Å². The number of unbranched alkanes of at least 4 members (excludes halogenated alkanes) is 1. The second-order valence-corrected chi connectivity index (χ2v) is 7.67. The highest BCUT2D eigenvalue weighted by Gasteiger charge is 2.15. The summed E-state index contributed by atoms with van der Waals surface area (Å²) in [7, 11) is 0. The SMILES string of the molecule is CCCCc1nc2cccnc2n1Cc1ccc(-c2ccccc2-c2nnn[nH]2)cc1F. The van der Waals surface area contributed by atoms with Crippen molar-refractivity contribution in [2.45, 2.75) is 32.7 Å². The fraction of sp³-hybridized carbons (Fsp3) is 0.208. The van der Waals surface area contributed by atoms with Gasteiger partial charge in [-0.1, -0.05) is 49.7 Å². The number of pyridine rings is 1. The maximum atomic E-state index is 15.3. The number of hydrogen-bond donors (Lipinski definition) is 1. The lowest BCUT2D eigenvalue weighted by molar-refractivity contribution is 0.594. The van der Waals surface area contributed by atoms with E-state index in [1.165, 1.54) is 0 Å². The molecule has 5 aromatic rings. The van der Waals surface area contributed by atoms with Gasteiger partial charge >= 0.3 is 0 Å². The van der Waals surface area contributed by atoms with Crippen LogP contribution in [0.2, 0.25) is 0 Å². The molecule has 32 heavy (non-hydrogen) atoms. The van der Waals surface area contributed by atoms with Gasteiger partial charge in [-0.15, -0.1) is 5.10 Å². The van der Waals surface area contributed by atoms with E-state index in [0.29, 0.717) is 17.9 Å². The van der Waals surface area contributed by atoms with E-state index in [1.54, 1.807) is 12.3 Å². The van der Waals surface area contributed by atoms with E-state index in [-0.39, 0.29) is 5.82 Å². The summed E-state index contributed by atoms with van der Waals surface area (Å²) in [6.07, 6.45) is 4.68. The third-order valence-electron chi connectivity index (χ3n) is 5.56. The normalized spacial score (nSPS) is 11.3. The number of nitrogens with zero attached hydrogens (tertiary/aromatic N) is 6. The van der Waals surface area contributed by atoms with Gasteiger partial charge in [-0.2, -0.15) is 0 Å². The zero-order chi connectivity index (χ0) is 21.9. The first-order valence-corrected chi connectivity index (χ1v) is 10.7. The first kappa shape index (κ1) is 20.0. The van der Waals surface area contributed by atoms with Crippen LogP contribution in [0.4, 0.5) is 4.39 Å². The summed E-state index contributed by atoms with van der Waals surface area (Å²) >= 11 is 0. The molecule has 3 heterocycles. The summed E-state index contributed by atoms with van der Waals surface area (Å²) in [5, 5.41) is 14.1. The Labute approximate surface area is 184 Å². The third kappa shape index (κ3) is 3.75. The smallest absolute Gasteiger partial charge is 0.180 e. The second-order valence-electron chi connectivity index (χ2n) is 7.67. The number of hydrogen-bond acceptors (Lipinski definition) is 5. The first-order valence-electron chi connectivity index (χ1n) is 10.7. The quantitative estimate of drug-likeness (QED) is 0.403. The fourth-order valence-electron chi connectivity index (χ4n) is 3.93. The molecule has 3 aromatic heterocycles. The largest absolute Gasteiger partial charge is 0.308 e. The Morgan fingerprint density at radius 3 is 2.69 bits per heavy atom. The van der Waals surface area contributed by atoms with Crippen LogP contribution < -0.4 is 0 Å². The van der Waals surface area contributed by atoms with Gasteiger partial charge in [-0.25, -0.2) is 19.5 Å². The minimum absolute atomic E-state index is 0.271. The number of tetrazole rings is 1. The lowest BCUT2D eigenvalue weighted by atomic mass is 9.98. The minimum atomic E-state index is -0.271. The standard InChI is InChI=1S/C24H22FN7/c1-2-3-10-22-27-21-9-6-13-26-24(21)32(22)15-17-12-11-16(14-20(17)25)18-7-4-5-8-19(18)23-28-30-31-29-23/h4-9,11-14H,2-3,10,15H2,1H3,(H,28,29,30,31). The van der Waals surface area contributed by atoms with Gasteiger partial charge in [0.15, 0.2) is 11.5 Å². The molecule has 0 saturated carbocycles. The number of benzene rings is 2. The number of aromatic nitrogens is 7. The van der Waals surface area contributed by atoms with E-state index in [1.807, 2.05) is 53.1 Å². The van der Waals surface area contributed by atoms with E-state index < -0.39 is 0 Å². The van der Waals surface area contributed by atoms with Crippen LogP contribution in [0, 0.1) is 5.82 Å². The van der Waals surface area contributed by atoms with Crippen LogP contribution >= 0.6 is 0 Å². The molecule has 0 saturated heterocycles. The summed E-state index contributed by atoms with van der Waals surface area (Å²) in [4.78, 5) is 9.23. The molecule has 8 heteroatoms. The lowest BCUT2D eigenvalue weighted by Gasteiger charge is -2.12. The van der Waals surface area contributed by atoms with Gasteiger partial charge in [0.25, 0.3) is 0 Å². The molecule has 0 fully saturated rings. The molecular weight excluding hydrogens is 405 g/mol. The van der Waals surface area contributed by atoms with E-state index in [9.17, 15) is 0 Å². The molecule has 160 valence electrons. The molecule has 2 aromatic carbocycles. The van der Waals surface area contributed by atoms with Crippen LogP contribution in [-0.4, -0.2) is 35.2 Å². The molecule has 1 N–H and O–H groups in total. The number of halogens is 1. The van der Waals surface area contributed by atoms with Crippen LogP contribution in [0.1, 0.15) is 31.2 Å². The van der Waals surface area contributed by atoms with Crippen molar-refractivity contribution >= 4 is 11.2 Å². The summed E-state index contributed by atoms with van der Waals surface area (Å²) in [5.41, 5.74) is 4.65. The van der Waals surface area contributed by atoms with Gasteiger partial charge < -0.3 is 4.57 Å². The van der Waals surface area contributed by atoms with Crippen molar-refractivity contribution in [3.8, 4) is 22.5 Å². The van der Waals surface area contributed by atoms with Crippen molar-refractivity contribution < 1.29 is 4.39 Å². The molecule has 0 bridgehead atoms. The van der Waals surface area contributed by atoms with Gasteiger partial charge in [0.05, 0.1) is 6.54 Å². The fourth-order valence-corrected chi connectivity index (χ4v) is 3.93. The van der Waals surface area contributed by atoms with Crippen LogP contribution in [0.15, 0.2) is 60.8 Å².